The molecule has 8 heteroatoms. The van der Waals surface area contributed by atoms with E-state index in [0.29, 0.717) is 17.5 Å². The van der Waals surface area contributed by atoms with E-state index in [1.807, 2.05) is 62.4 Å². The molecule has 0 aliphatic rings. The normalized spacial score (nSPS) is 10.9. The minimum atomic E-state index is -4.94. The van der Waals surface area contributed by atoms with Gasteiger partial charge in [-0.05, 0) is 97.2 Å². The average Bonchev–Trinajstić information content (AvgIpc) is 2.62. The Labute approximate surface area is 194 Å². The minimum Gasteiger partial charge on any atom is -0.807 e. The van der Waals surface area contributed by atoms with Gasteiger partial charge in [0.25, 0.3) is 0 Å². The maximum atomic E-state index is 12.2. The van der Waals surface area contributed by atoms with Gasteiger partial charge in [0.15, 0.2) is 0 Å². The van der Waals surface area contributed by atoms with Gasteiger partial charge in [0.1, 0.15) is 0 Å². The first-order valence-corrected chi connectivity index (χ1v) is 11.9. The van der Waals surface area contributed by atoms with Gasteiger partial charge in [-0.15, -0.1) is 0 Å². The van der Waals surface area contributed by atoms with E-state index < -0.39 is 7.60 Å². The van der Waals surface area contributed by atoms with E-state index in [9.17, 15) is 14.4 Å². The molecule has 30 heavy (non-hydrogen) atoms. The lowest BCUT2D eigenvalue weighted by atomic mass is 9.87. The highest BCUT2D eigenvalue weighted by atomic mass is 79.9. The highest BCUT2D eigenvalue weighted by Gasteiger charge is 2.21. The predicted octanol–water partition coefficient (Wildman–Crippen LogP) is 5.69. The molecule has 0 radical (unpaired) electrons. The summed E-state index contributed by atoms with van der Waals surface area (Å²) >= 11 is 7.12. The molecule has 0 heterocycles. The number of quaternary nitrogens is 2. The third kappa shape index (κ3) is 5.29. The van der Waals surface area contributed by atoms with Crippen LogP contribution in [0.1, 0.15) is 27.8 Å². The molecule has 162 valence electrons. The summed E-state index contributed by atoms with van der Waals surface area (Å²) < 4.78 is 14.0. The maximum Gasteiger partial charge on any atom is 0.0254 e. The predicted molar refractivity (Wildman–Crippen MR) is 130 cm³/mol. The summed E-state index contributed by atoms with van der Waals surface area (Å²) in [6.45, 7) is 5.49. The van der Waals surface area contributed by atoms with E-state index in [-0.39, 0.29) is 17.6 Å². The van der Waals surface area contributed by atoms with Gasteiger partial charge in [-0.1, -0.05) is 62.2 Å². The zero-order chi connectivity index (χ0) is 20.6. The summed E-state index contributed by atoms with van der Waals surface area (Å²) in [5, 5.41) is -0.0683. The Morgan fingerprint density at radius 1 is 0.867 bits per heavy atom. The molecule has 0 atom stereocenters. The molecule has 0 unspecified atom stereocenters. The van der Waals surface area contributed by atoms with Gasteiger partial charge in [0.2, 0.25) is 0 Å². The Balaban J connectivity index is 0.00000225. The molecular formula is C22H27Br2N2O3P. The fraction of sp³-hybridized carbons (Fsp3) is 0.182. The summed E-state index contributed by atoms with van der Waals surface area (Å²) in [6, 6.07) is 15.5. The fourth-order valence-corrected chi connectivity index (χ4v) is 5.64. The van der Waals surface area contributed by atoms with Crippen LogP contribution in [0.5, 0.6) is 0 Å². The maximum absolute atomic E-state index is 12.2. The molecule has 0 amide bonds. The average molecular weight is 558 g/mol. The van der Waals surface area contributed by atoms with Crippen LogP contribution in [0, 0.1) is 20.8 Å². The van der Waals surface area contributed by atoms with E-state index in [4.69, 9.17) is 0 Å². The minimum absolute atomic E-state index is 0. The van der Waals surface area contributed by atoms with Gasteiger partial charge >= 0.3 is 0 Å². The van der Waals surface area contributed by atoms with Crippen molar-refractivity contribution < 1.29 is 14.4 Å². The molecule has 3 rings (SSSR count). The largest absolute Gasteiger partial charge is 0.807 e. The molecule has 0 aliphatic heterocycles. The van der Waals surface area contributed by atoms with Crippen molar-refractivity contribution in [3.63, 3.8) is 0 Å². The van der Waals surface area contributed by atoms with Crippen LogP contribution < -0.4 is 27.4 Å². The Kier molecular flexibility index (Phi) is 9.21. The molecular weight excluding hydrogens is 531 g/mol. The van der Waals surface area contributed by atoms with Crippen LogP contribution in [0.2, 0.25) is 0 Å². The Morgan fingerprint density at radius 3 is 2.03 bits per heavy atom. The second-order valence-corrected chi connectivity index (χ2v) is 10.1. The van der Waals surface area contributed by atoms with Crippen LogP contribution in [0.15, 0.2) is 57.5 Å². The van der Waals surface area contributed by atoms with Crippen LogP contribution in [0.3, 0.4) is 0 Å². The molecule has 3 aromatic carbocycles. The van der Waals surface area contributed by atoms with Crippen LogP contribution in [0.25, 0.3) is 11.1 Å². The van der Waals surface area contributed by atoms with Gasteiger partial charge in [-0.3, -0.25) is 0 Å². The smallest absolute Gasteiger partial charge is 0.0254 e. The number of benzene rings is 3. The van der Waals surface area contributed by atoms with E-state index in [0.717, 1.165) is 36.8 Å². The second-order valence-electron chi connectivity index (χ2n) is 6.86. The van der Waals surface area contributed by atoms with Crippen molar-refractivity contribution in [3.05, 3.63) is 85.3 Å². The van der Waals surface area contributed by atoms with Gasteiger partial charge < -0.3 is 26.7 Å². The SMILES string of the molecule is Cc1c(C)c(P(=O)([O-])[O-])c(Cc2ccccc2)c(C)c1-c1cc(Br)ccc1Br.[NH4+].[NH4+]. The molecule has 0 saturated heterocycles. The van der Waals surface area contributed by atoms with Crippen LogP contribution in [-0.4, -0.2) is 0 Å². The summed E-state index contributed by atoms with van der Waals surface area (Å²) in [6.07, 6.45) is 0.385. The molecule has 3 aromatic rings. The Hall–Kier alpha value is -1.31. The topological polar surface area (TPSA) is 136 Å². The van der Waals surface area contributed by atoms with Crippen LogP contribution in [-0.2, 0) is 11.0 Å². The third-order valence-corrected chi connectivity index (χ3v) is 7.44. The van der Waals surface area contributed by atoms with Crippen LogP contribution in [0.4, 0.5) is 0 Å². The zero-order valence-corrected chi connectivity index (χ0v) is 21.8. The van der Waals surface area contributed by atoms with E-state index in [2.05, 4.69) is 31.9 Å². The number of hydrogen-bond acceptors (Lipinski definition) is 3. The molecule has 0 aliphatic carbocycles. The lowest BCUT2D eigenvalue weighted by Gasteiger charge is -2.36. The van der Waals surface area contributed by atoms with Gasteiger partial charge in [-0.2, -0.15) is 0 Å². The summed E-state index contributed by atoms with van der Waals surface area (Å²) in [4.78, 5) is 24.4. The standard InChI is InChI=1S/C22H21Br2O3P.2H3N/c1-13-14(2)22(28(25,26)27)18(11-16-7-5-4-6-8-16)15(3)21(13)19-12-17(23)9-10-20(19)24;;/h4-10,12H,11H2,1-3H3,(H2,25,26,27);2*1H3. The Bertz CT molecular complexity index is 1100. The molecule has 0 aromatic heterocycles. The van der Waals surface area contributed by atoms with Gasteiger partial charge in [-0.25, -0.2) is 0 Å². The second kappa shape index (κ2) is 10.3. The first-order chi connectivity index (χ1) is 13.1. The summed E-state index contributed by atoms with van der Waals surface area (Å²) in [5.41, 5.74) is 5.58. The molecule has 0 fully saturated rings. The van der Waals surface area contributed by atoms with Crippen molar-refractivity contribution in [1.29, 1.82) is 0 Å². The highest BCUT2D eigenvalue weighted by Crippen LogP contribution is 2.41. The molecule has 0 bridgehead atoms. The van der Waals surface area contributed by atoms with E-state index in [1.165, 1.54) is 0 Å². The molecule has 5 nitrogen and oxygen atoms in total. The van der Waals surface area contributed by atoms with Gasteiger partial charge in [0, 0.05) is 8.95 Å². The lowest BCUT2D eigenvalue weighted by molar-refractivity contribution is -0.308. The molecule has 8 N–H and O–H groups in total. The van der Waals surface area contributed by atoms with Crippen LogP contribution >= 0.6 is 39.5 Å². The van der Waals surface area contributed by atoms with Crippen molar-refractivity contribution in [1.82, 2.24) is 12.3 Å². The monoisotopic (exact) mass is 556 g/mol. The lowest BCUT2D eigenvalue weighted by Crippen LogP contribution is -2.31. The van der Waals surface area contributed by atoms with Crippen molar-refractivity contribution in [2.75, 3.05) is 0 Å². The first-order valence-electron chi connectivity index (χ1n) is 8.76. The summed E-state index contributed by atoms with van der Waals surface area (Å²) in [7, 11) is -4.94. The summed E-state index contributed by atoms with van der Waals surface area (Å²) in [5.74, 6) is 0. The third-order valence-electron chi connectivity index (χ3n) is 5.10. The Morgan fingerprint density at radius 2 is 1.47 bits per heavy atom. The van der Waals surface area contributed by atoms with Crippen molar-refractivity contribution >= 4 is 44.8 Å². The number of halogens is 2. The quantitative estimate of drug-likeness (QED) is 0.399. The number of rotatable bonds is 4. The highest BCUT2D eigenvalue weighted by molar-refractivity contribution is 9.11. The molecule has 0 spiro atoms. The van der Waals surface area contributed by atoms with E-state index in [1.54, 1.807) is 6.92 Å². The molecule has 0 saturated carbocycles. The van der Waals surface area contributed by atoms with Crippen molar-refractivity contribution in [2.24, 2.45) is 0 Å². The first kappa shape index (κ1) is 26.7. The van der Waals surface area contributed by atoms with Crippen molar-refractivity contribution in [3.8, 4) is 11.1 Å². The van der Waals surface area contributed by atoms with Gasteiger partial charge in [0.05, 0.1) is 0 Å². The van der Waals surface area contributed by atoms with Crippen molar-refractivity contribution in [2.45, 2.75) is 27.2 Å². The number of hydrogen-bond donors (Lipinski definition) is 2. The zero-order valence-electron chi connectivity index (χ0n) is 17.8. The fourth-order valence-electron chi connectivity index (χ4n) is 3.68. The van der Waals surface area contributed by atoms with E-state index >= 15 is 0 Å².